The minimum absolute atomic E-state index is 0.0618. The number of phenols is 1. The third kappa shape index (κ3) is 2.25. The van der Waals surface area contributed by atoms with Gasteiger partial charge in [0.25, 0.3) is 3.12 Å². The van der Waals surface area contributed by atoms with Crippen molar-refractivity contribution in [2.24, 2.45) is 0 Å². The number of rotatable bonds is 1. The number of hydrogen-bond donors (Lipinski definition) is 1. The minimum Gasteiger partial charge on any atom is -0.508 e. The van der Waals surface area contributed by atoms with Gasteiger partial charge in [-0.2, -0.15) is 0 Å². The van der Waals surface area contributed by atoms with Crippen molar-refractivity contribution in [3.05, 3.63) is 24.3 Å². The van der Waals surface area contributed by atoms with Crippen LogP contribution in [0.1, 0.15) is 0 Å². The van der Waals surface area contributed by atoms with E-state index in [0.717, 1.165) is 12.1 Å². The smallest absolute Gasteiger partial charge is 0.296 e. The van der Waals surface area contributed by atoms with E-state index in [1.54, 1.807) is 0 Å². The molecule has 0 radical (unpaired) electrons. The van der Waals surface area contributed by atoms with Crippen LogP contribution in [0, 0.1) is 0 Å². The molecule has 1 rings (SSSR count). The van der Waals surface area contributed by atoms with Gasteiger partial charge in [-0.3, -0.25) is 0 Å². The van der Waals surface area contributed by atoms with Gasteiger partial charge in [-0.15, -0.1) is 0 Å². The maximum Gasteiger partial charge on any atom is 0.296 e. The molecule has 3 nitrogen and oxygen atoms in total. The summed E-state index contributed by atoms with van der Waals surface area (Å²) in [6.07, 6.45) is 0. The molecule has 0 saturated carbocycles. The van der Waals surface area contributed by atoms with Crippen LogP contribution < -0.4 is 0 Å². The van der Waals surface area contributed by atoms with Crippen molar-refractivity contribution in [1.29, 1.82) is 0 Å². The number of benzene rings is 1. The largest absolute Gasteiger partial charge is 0.508 e. The molecule has 1 N–H and O–H groups in total. The summed E-state index contributed by atoms with van der Waals surface area (Å²) < 4.78 is 20.6. The van der Waals surface area contributed by atoms with Gasteiger partial charge in [0.05, 0.1) is 4.90 Å². The molecule has 0 heterocycles. The fourth-order valence-electron chi connectivity index (χ4n) is 0.759. The summed E-state index contributed by atoms with van der Waals surface area (Å²) in [5.74, 6) is -0.0618. The molecule has 0 spiro atoms. The molecule has 7 heteroatoms. The highest BCUT2D eigenvalue weighted by molar-refractivity contribution is 7.97. The van der Waals surface area contributed by atoms with Gasteiger partial charge in [0, 0.05) is 0 Å². The molecule has 78 valence electrons. The number of aromatic hydroxyl groups is 1. The Kier molecular flexibility index (Phi) is 3.21. The first-order valence-corrected chi connectivity index (χ1v) is 5.97. The molecular weight excluding hydrogens is 270 g/mol. The van der Waals surface area contributed by atoms with Crippen LogP contribution in [0.25, 0.3) is 0 Å². The molecule has 14 heavy (non-hydrogen) atoms. The van der Waals surface area contributed by atoms with Crippen molar-refractivity contribution < 1.29 is 13.5 Å². The Morgan fingerprint density at radius 1 is 1.07 bits per heavy atom. The van der Waals surface area contributed by atoms with Crippen molar-refractivity contribution in [2.75, 3.05) is 0 Å². The van der Waals surface area contributed by atoms with Crippen LogP contribution in [0.5, 0.6) is 5.75 Å². The molecule has 1 aromatic carbocycles. The topological polar surface area (TPSA) is 54.4 Å². The van der Waals surface area contributed by atoms with Crippen molar-refractivity contribution in [3.8, 4) is 5.75 Å². The molecule has 0 aliphatic rings. The van der Waals surface area contributed by atoms with Gasteiger partial charge in [-0.25, -0.2) is 8.42 Å². The van der Waals surface area contributed by atoms with Gasteiger partial charge in [0.2, 0.25) is 9.84 Å². The molecule has 0 saturated heterocycles. The van der Waals surface area contributed by atoms with E-state index in [1.807, 2.05) is 0 Å². The highest BCUT2D eigenvalue weighted by Gasteiger charge is 2.39. The lowest BCUT2D eigenvalue weighted by Gasteiger charge is -2.11. The zero-order valence-electron chi connectivity index (χ0n) is 6.62. The van der Waals surface area contributed by atoms with Gasteiger partial charge in [0.1, 0.15) is 5.75 Å². The first-order chi connectivity index (χ1) is 6.25. The molecule has 0 aliphatic carbocycles. The van der Waals surface area contributed by atoms with Crippen LogP contribution in [-0.2, 0) is 9.84 Å². The average molecular weight is 276 g/mol. The van der Waals surface area contributed by atoms with Crippen LogP contribution in [0.4, 0.5) is 0 Å². The maximum atomic E-state index is 11.5. The number of sulfone groups is 1. The number of phenolic OH excluding ortho intramolecular Hbond substituents is 1. The molecule has 0 fully saturated rings. The Bertz CT molecular complexity index is 418. The van der Waals surface area contributed by atoms with Crippen LogP contribution in [0.2, 0.25) is 0 Å². The van der Waals surface area contributed by atoms with Crippen molar-refractivity contribution in [2.45, 2.75) is 8.02 Å². The third-order valence-corrected chi connectivity index (χ3v) is 4.78. The first kappa shape index (κ1) is 11.9. The van der Waals surface area contributed by atoms with E-state index in [4.69, 9.17) is 39.9 Å². The standard InChI is InChI=1S/C7H5Cl3O3S/c8-7(9,10)14(12,13)6-3-1-5(11)2-4-6/h1-4,11H. The minimum atomic E-state index is -4.01. The summed E-state index contributed by atoms with van der Waals surface area (Å²) in [4.78, 5) is -0.157. The Morgan fingerprint density at radius 2 is 1.50 bits per heavy atom. The lowest BCUT2D eigenvalue weighted by Crippen LogP contribution is -2.19. The molecule has 0 aromatic heterocycles. The SMILES string of the molecule is O=S(=O)(c1ccc(O)cc1)C(Cl)(Cl)Cl. The summed E-state index contributed by atoms with van der Waals surface area (Å²) in [6.45, 7) is 0. The van der Waals surface area contributed by atoms with Crippen molar-refractivity contribution in [3.63, 3.8) is 0 Å². The van der Waals surface area contributed by atoms with Gasteiger partial charge >= 0.3 is 0 Å². The third-order valence-electron chi connectivity index (χ3n) is 1.45. The quantitative estimate of drug-likeness (QED) is 0.801. The molecular formula is C7H5Cl3O3S. The van der Waals surface area contributed by atoms with Crippen molar-refractivity contribution in [1.82, 2.24) is 0 Å². The summed E-state index contributed by atoms with van der Waals surface area (Å²) in [6, 6.07) is 4.71. The lowest BCUT2D eigenvalue weighted by atomic mass is 10.3. The van der Waals surface area contributed by atoms with Crippen LogP contribution >= 0.6 is 34.8 Å². The zero-order chi connectivity index (χ0) is 11.0. The second-order valence-electron chi connectivity index (χ2n) is 2.44. The van der Waals surface area contributed by atoms with E-state index < -0.39 is 13.0 Å². The zero-order valence-corrected chi connectivity index (χ0v) is 9.70. The summed E-state index contributed by atoms with van der Waals surface area (Å²) >= 11 is 15.8. The molecule has 0 amide bonds. The lowest BCUT2D eigenvalue weighted by molar-refractivity contribution is 0.475. The fourth-order valence-corrected chi connectivity index (χ4v) is 2.32. The second-order valence-corrected chi connectivity index (χ2v) is 7.49. The average Bonchev–Trinajstić information content (AvgIpc) is 2.03. The van der Waals surface area contributed by atoms with E-state index in [0.29, 0.717) is 0 Å². The maximum absolute atomic E-state index is 11.5. The molecule has 0 atom stereocenters. The van der Waals surface area contributed by atoms with Crippen LogP contribution in [0.3, 0.4) is 0 Å². The highest BCUT2D eigenvalue weighted by Crippen LogP contribution is 2.37. The summed E-state index contributed by atoms with van der Waals surface area (Å²) in [5, 5.41) is 8.93. The predicted molar refractivity (Wildman–Crippen MR) is 55.6 cm³/mol. The molecule has 0 unspecified atom stereocenters. The van der Waals surface area contributed by atoms with Gasteiger partial charge in [0.15, 0.2) is 0 Å². The van der Waals surface area contributed by atoms with Gasteiger partial charge < -0.3 is 5.11 Å². The number of alkyl halides is 3. The van der Waals surface area contributed by atoms with Gasteiger partial charge in [-0.05, 0) is 24.3 Å². The monoisotopic (exact) mass is 274 g/mol. The molecule has 1 aromatic rings. The fraction of sp³-hybridized carbons (Fsp3) is 0.143. The Labute approximate surface area is 96.1 Å². The normalized spacial score (nSPS) is 12.8. The Morgan fingerprint density at radius 3 is 1.86 bits per heavy atom. The van der Waals surface area contributed by atoms with E-state index in [-0.39, 0.29) is 10.6 Å². The van der Waals surface area contributed by atoms with E-state index >= 15 is 0 Å². The molecule has 0 bridgehead atoms. The van der Waals surface area contributed by atoms with Crippen LogP contribution in [0.15, 0.2) is 29.2 Å². The second kappa shape index (κ2) is 3.77. The first-order valence-electron chi connectivity index (χ1n) is 3.35. The molecule has 0 aliphatic heterocycles. The van der Waals surface area contributed by atoms with Gasteiger partial charge in [-0.1, -0.05) is 34.8 Å². The van der Waals surface area contributed by atoms with E-state index in [9.17, 15) is 8.42 Å². The summed E-state index contributed by atoms with van der Waals surface area (Å²) in [5.41, 5.74) is 0. The number of halogens is 3. The highest BCUT2D eigenvalue weighted by atomic mass is 35.6. The Hall–Kier alpha value is -0.160. The van der Waals surface area contributed by atoms with E-state index in [2.05, 4.69) is 0 Å². The predicted octanol–water partition coefficient (Wildman–Crippen LogP) is 2.49. The van der Waals surface area contributed by atoms with Crippen molar-refractivity contribution >= 4 is 44.6 Å². The van der Waals surface area contributed by atoms with Crippen LogP contribution in [-0.4, -0.2) is 16.6 Å². The van der Waals surface area contributed by atoms with E-state index in [1.165, 1.54) is 12.1 Å². The summed E-state index contributed by atoms with van der Waals surface area (Å²) in [7, 11) is -4.01. The Balaban J connectivity index is 3.25. The number of hydrogen-bond acceptors (Lipinski definition) is 3.